The molecule has 1 aliphatic carbocycles. The highest BCUT2D eigenvalue weighted by Gasteiger charge is 2.62. The molecule has 232 valence electrons. The van der Waals surface area contributed by atoms with E-state index in [-0.39, 0.29) is 11.2 Å². The Labute approximate surface area is 264 Å². The third kappa shape index (κ3) is 4.87. The number of amides is 2. The zero-order chi connectivity index (χ0) is 31.6. The first-order chi connectivity index (χ1) is 21.6. The van der Waals surface area contributed by atoms with E-state index >= 15 is 0 Å². The Morgan fingerprint density at radius 1 is 1.00 bits per heavy atom. The third-order valence-electron chi connectivity index (χ3n) is 9.24. The number of rotatable bonds is 5. The van der Waals surface area contributed by atoms with Gasteiger partial charge in [-0.2, -0.15) is 0 Å². The summed E-state index contributed by atoms with van der Waals surface area (Å²) in [4.78, 5) is 50.2. The highest BCUT2D eigenvalue weighted by Crippen LogP contribution is 2.52. The van der Waals surface area contributed by atoms with Crippen molar-refractivity contribution in [2.75, 3.05) is 17.1 Å². The molecule has 8 nitrogen and oxygen atoms in total. The number of halogens is 1. The number of para-hydroxylation sites is 1. The minimum absolute atomic E-state index is 0.0708. The Hall–Kier alpha value is -4.28. The fourth-order valence-electron chi connectivity index (χ4n) is 6.76. The van der Waals surface area contributed by atoms with E-state index in [2.05, 4.69) is 20.8 Å². The summed E-state index contributed by atoms with van der Waals surface area (Å²) in [5.74, 6) is -1.57. The maximum absolute atomic E-state index is 14.4. The van der Waals surface area contributed by atoms with Gasteiger partial charge in [0, 0.05) is 10.4 Å². The van der Waals surface area contributed by atoms with Crippen molar-refractivity contribution in [3.8, 4) is 11.3 Å². The van der Waals surface area contributed by atoms with Crippen LogP contribution in [0.1, 0.15) is 59.8 Å². The topological polar surface area (TPSA) is 89.3 Å². The maximum Gasteiger partial charge on any atom is 0.341 e. The second-order valence-electron chi connectivity index (χ2n) is 12.9. The molecule has 4 aromatic rings. The molecule has 4 heterocycles. The van der Waals surface area contributed by atoms with Crippen LogP contribution >= 0.6 is 11.3 Å². The average Bonchev–Trinajstić information content (AvgIpc) is 3.79. The summed E-state index contributed by atoms with van der Waals surface area (Å²) in [7, 11) is 1.31. The summed E-state index contributed by atoms with van der Waals surface area (Å²) < 4.78 is 25.0. The van der Waals surface area contributed by atoms with Gasteiger partial charge in [0.1, 0.15) is 34.3 Å². The van der Waals surface area contributed by atoms with Gasteiger partial charge in [-0.1, -0.05) is 39.0 Å². The van der Waals surface area contributed by atoms with Crippen molar-refractivity contribution in [1.82, 2.24) is 0 Å². The molecule has 3 aliphatic rings. The minimum atomic E-state index is -1.13. The fourth-order valence-corrected chi connectivity index (χ4v) is 8.19. The predicted octanol–water partition coefficient (Wildman–Crippen LogP) is 7.14. The highest BCUT2D eigenvalue weighted by atomic mass is 32.1. The number of thiophene rings is 1. The summed E-state index contributed by atoms with van der Waals surface area (Å²) in [6.45, 7) is 6.62. The number of esters is 1. The van der Waals surface area contributed by atoms with Crippen molar-refractivity contribution in [3.63, 3.8) is 0 Å². The lowest BCUT2D eigenvalue weighted by Crippen LogP contribution is -2.37. The molecular weight excluding hydrogens is 595 g/mol. The molecule has 0 saturated carbocycles. The number of ether oxygens (including phenoxy) is 1. The second kappa shape index (κ2) is 11.0. The largest absolute Gasteiger partial charge is 0.465 e. The molecule has 0 unspecified atom stereocenters. The van der Waals surface area contributed by atoms with Crippen molar-refractivity contribution in [1.29, 1.82) is 0 Å². The number of imide groups is 1. The molecule has 0 bridgehead atoms. The molecule has 7 rings (SSSR count). The molecule has 2 saturated heterocycles. The number of methoxy groups -OCH3 is 1. The van der Waals surface area contributed by atoms with E-state index in [1.54, 1.807) is 29.3 Å². The summed E-state index contributed by atoms with van der Waals surface area (Å²) >= 11 is 1.33. The Bertz CT molecular complexity index is 1790. The van der Waals surface area contributed by atoms with Crippen molar-refractivity contribution in [2.24, 2.45) is 17.3 Å². The van der Waals surface area contributed by atoms with Gasteiger partial charge >= 0.3 is 5.97 Å². The third-order valence-corrected chi connectivity index (χ3v) is 10.5. The minimum Gasteiger partial charge on any atom is -0.465 e. The highest BCUT2D eigenvalue weighted by molar-refractivity contribution is 7.17. The van der Waals surface area contributed by atoms with Crippen molar-refractivity contribution in [2.45, 2.75) is 52.2 Å². The van der Waals surface area contributed by atoms with E-state index < -0.39 is 35.8 Å². The van der Waals surface area contributed by atoms with Gasteiger partial charge in [0.25, 0.3) is 5.91 Å². The first kappa shape index (κ1) is 29.4. The van der Waals surface area contributed by atoms with E-state index in [0.717, 1.165) is 28.2 Å². The van der Waals surface area contributed by atoms with Crippen LogP contribution in [0, 0.1) is 23.1 Å². The Morgan fingerprint density at radius 2 is 1.73 bits per heavy atom. The van der Waals surface area contributed by atoms with Gasteiger partial charge in [-0.15, -0.1) is 11.3 Å². The zero-order valence-corrected chi connectivity index (χ0v) is 26.2. The second-order valence-corrected chi connectivity index (χ2v) is 13.9. The van der Waals surface area contributed by atoms with Crippen LogP contribution in [0.15, 0.2) is 71.1 Å². The lowest BCUT2D eigenvalue weighted by atomic mass is 9.72. The Kier molecular flexibility index (Phi) is 7.17. The summed E-state index contributed by atoms with van der Waals surface area (Å²) in [6, 6.07) is 17.9. The number of hydrogen-bond donors (Lipinski definition) is 0. The van der Waals surface area contributed by atoms with Crippen molar-refractivity contribution >= 4 is 39.8 Å². The van der Waals surface area contributed by atoms with Crippen LogP contribution in [0.4, 0.5) is 15.1 Å². The predicted molar refractivity (Wildman–Crippen MR) is 167 cm³/mol. The number of furan rings is 1. The number of nitrogens with zero attached hydrogens (tertiary/aromatic N) is 2. The number of benzene rings is 2. The van der Waals surface area contributed by atoms with Crippen LogP contribution < -0.4 is 9.96 Å². The van der Waals surface area contributed by atoms with Gasteiger partial charge < -0.3 is 9.15 Å². The standard InChI is InChI=1S/C35H33FN2O6S/c1-35(2,3)20-12-15-23-26(18-20)45-33(27(23)34(41)42-4)37-31(39)28-29(25-17-16-24(43-25)19-10-13-21(36)14-11-19)38(44-30(28)32(37)40)22-8-6-5-7-9-22/h5-11,13-14,16-17,20,28-30H,12,15,18H2,1-4H3/t20-,28-,29-,30-/m1/s1. The normalized spacial score (nSPS) is 23.0. The number of fused-ring (bicyclic) bond motifs is 2. The summed E-state index contributed by atoms with van der Waals surface area (Å²) in [6.07, 6.45) is 1.20. The maximum atomic E-state index is 14.4. The molecule has 2 aromatic heterocycles. The van der Waals surface area contributed by atoms with Gasteiger partial charge in [-0.25, -0.2) is 19.1 Å². The van der Waals surface area contributed by atoms with Crippen molar-refractivity contribution < 1.29 is 32.8 Å². The molecule has 2 fully saturated rings. The number of anilines is 2. The van der Waals surface area contributed by atoms with Crippen molar-refractivity contribution in [3.05, 3.63) is 94.3 Å². The van der Waals surface area contributed by atoms with Crippen LogP contribution in [0.5, 0.6) is 0 Å². The summed E-state index contributed by atoms with van der Waals surface area (Å²) in [5, 5.41) is 1.86. The van der Waals surface area contributed by atoms with Crippen LogP contribution in [-0.2, 0) is 32.0 Å². The number of hydroxylamine groups is 1. The first-order valence-electron chi connectivity index (χ1n) is 15.0. The molecule has 4 atom stereocenters. The smallest absolute Gasteiger partial charge is 0.341 e. The molecule has 0 radical (unpaired) electrons. The fraction of sp³-hybridized carbons (Fsp3) is 0.343. The van der Waals surface area contributed by atoms with E-state index in [0.29, 0.717) is 45.7 Å². The van der Waals surface area contributed by atoms with Crippen LogP contribution in [0.25, 0.3) is 11.3 Å². The quantitative estimate of drug-likeness (QED) is 0.172. The van der Waals surface area contributed by atoms with Gasteiger partial charge in [-0.05, 0) is 84.7 Å². The Balaban J connectivity index is 1.29. The molecule has 0 N–H and O–H groups in total. The molecule has 2 aliphatic heterocycles. The van der Waals surface area contributed by atoms with Gasteiger partial charge in [-0.3, -0.25) is 14.4 Å². The number of carbonyl (C=O) groups is 3. The molecule has 10 heteroatoms. The van der Waals surface area contributed by atoms with Crippen LogP contribution in [0.3, 0.4) is 0 Å². The zero-order valence-electron chi connectivity index (χ0n) is 25.4. The molecule has 45 heavy (non-hydrogen) atoms. The van der Waals surface area contributed by atoms with E-state index in [4.69, 9.17) is 14.0 Å². The number of hydrogen-bond acceptors (Lipinski definition) is 8. The molecule has 0 spiro atoms. The molecular formula is C35H33FN2O6S. The SMILES string of the molecule is COC(=O)c1c(N2C(=O)[C@@H]3[C@@H](c4ccc(-c5ccc(F)cc5)o4)N(c4ccccc4)O[C@H]3C2=O)sc2c1CC[C@@H](C(C)(C)C)C2. The molecule has 2 amide bonds. The lowest BCUT2D eigenvalue weighted by molar-refractivity contribution is -0.126. The van der Waals surface area contributed by atoms with E-state index in [1.807, 2.05) is 30.3 Å². The summed E-state index contributed by atoms with van der Waals surface area (Å²) in [5.41, 5.74) is 2.54. The van der Waals surface area contributed by atoms with E-state index in [9.17, 15) is 18.8 Å². The van der Waals surface area contributed by atoms with Crippen LogP contribution in [0.2, 0.25) is 0 Å². The monoisotopic (exact) mass is 628 g/mol. The Morgan fingerprint density at radius 3 is 2.42 bits per heavy atom. The number of carbonyl (C=O) groups excluding carboxylic acids is 3. The lowest BCUT2D eigenvalue weighted by Gasteiger charge is -2.33. The first-order valence-corrected chi connectivity index (χ1v) is 15.9. The average molecular weight is 629 g/mol. The van der Waals surface area contributed by atoms with Crippen LogP contribution in [-0.4, -0.2) is 31.0 Å². The van der Waals surface area contributed by atoms with Gasteiger partial charge in [0.15, 0.2) is 6.10 Å². The van der Waals surface area contributed by atoms with E-state index in [1.165, 1.54) is 30.6 Å². The van der Waals surface area contributed by atoms with Gasteiger partial charge in [0.2, 0.25) is 5.91 Å². The van der Waals surface area contributed by atoms with Gasteiger partial charge in [0.05, 0.1) is 18.4 Å². The molecule has 2 aromatic carbocycles.